The van der Waals surface area contributed by atoms with Crippen molar-refractivity contribution >= 4 is 55.6 Å². The number of hydrogen-bond acceptors (Lipinski definition) is 2. The average Bonchev–Trinajstić information content (AvgIpc) is 3.19. The minimum Gasteiger partial charge on any atom is -0.334 e. The lowest BCUT2D eigenvalue weighted by Gasteiger charge is -2.46. The Bertz CT molecular complexity index is 2530. The SMILES string of the molecule is CC1/C(c2ccccc2)=C\C2=C/C(C)C(C)(C)c3cc(N(c4ccc5ccccc5c4)c4ccc5ccccc5c4)ccc3N1c1ccccc1C2(C)C. The molecule has 0 aromatic heterocycles. The van der Waals surface area contributed by atoms with Gasteiger partial charge in [-0.3, -0.25) is 0 Å². The molecule has 3 heterocycles. The van der Waals surface area contributed by atoms with E-state index < -0.39 is 0 Å². The maximum atomic E-state index is 2.64. The van der Waals surface area contributed by atoms with Gasteiger partial charge in [-0.05, 0) is 116 Å². The summed E-state index contributed by atoms with van der Waals surface area (Å²) in [7, 11) is 0. The number of allylic oxidation sites excluding steroid dienone is 3. The van der Waals surface area contributed by atoms with E-state index in [1.54, 1.807) is 0 Å². The van der Waals surface area contributed by atoms with E-state index in [-0.39, 0.29) is 22.8 Å². The van der Waals surface area contributed by atoms with E-state index in [2.05, 4.69) is 221 Å². The molecule has 0 N–H and O–H groups in total. The summed E-state index contributed by atoms with van der Waals surface area (Å²) in [4.78, 5) is 5.09. The van der Waals surface area contributed by atoms with Gasteiger partial charge in [-0.1, -0.05) is 156 Å². The summed E-state index contributed by atoms with van der Waals surface area (Å²) in [5, 5.41) is 4.94. The van der Waals surface area contributed by atoms with Gasteiger partial charge in [0.1, 0.15) is 0 Å². The Balaban J connectivity index is 1.32. The van der Waals surface area contributed by atoms with Crippen molar-refractivity contribution in [2.24, 2.45) is 5.92 Å². The van der Waals surface area contributed by atoms with Gasteiger partial charge in [-0.15, -0.1) is 0 Å². The number of anilines is 5. The molecule has 54 heavy (non-hydrogen) atoms. The molecule has 3 aliphatic rings. The highest BCUT2D eigenvalue weighted by Crippen LogP contribution is 2.52. The van der Waals surface area contributed by atoms with Crippen LogP contribution in [0, 0.1) is 5.92 Å². The first-order valence-electron chi connectivity index (χ1n) is 19.4. The lowest BCUT2D eigenvalue weighted by atomic mass is 9.67. The monoisotopic (exact) mass is 700 g/mol. The smallest absolute Gasteiger partial charge is 0.0569 e. The third-order valence-electron chi connectivity index (χ3n) is 12.6. The van der Waals surface area contributed by atoms with Crippen molar-refractivity contribution in [2.75, 3.05) is 9.80 Å². The summed E-state index contributed by atoms with van der Waals surface area (Å²) in [6.07, 6.45) is 5.09. The molecular weight excluding hydrogens is 653 g/mol. The predicted octanol–water partition coefficient (Wildman–Crippen LogP) is 14.2. The van der Waals surface area contributed by atoms with E-state index >= 15 is 0 Å². The zero-order valence-corrected chi connectivity index (χ0v) is 32.2. The van der Waals surface area contributed by atoms with Gasteiger partial charge in [0.05, 0.1) is 6.04 Å². The van der Waals surface area contributed by atoms with Gasteiger partial charge >= 0.3 is 0 Å². The largest absolute Gasteiger partial charge is 0.334 e. The highest BCUT2D eigenvalue weighted by molar-refractivity contribution is 5.93. The van der Waals surface area contributed by atoms with Gasteiger partial charge in [-0.2, -0.15) is 0 Å². The Kier molecular flexibility index (Phi) is 8.12. The van der Waals surface area contributed by atoms with E-state index in [1.165, 1.54) is 60.8 Å². The second-order valence-corrected chi connectivity index (χ2v) is 16.4. The van der Waals surface area contributed by atoms with Gasteiger partial charge in [0, 0.05) is 33.9 Å². The molecule has 10 rings (SSSR count). The molecule has 0 spiro atoms. The van der Waals surface area contributed by atoms with Crippen molar-refractivity contribution < 1.29 is 0 Å². The maximum absolute atomic E-state index is 2.64. The second kappa shape index (κ2) is 12.9. The van der Waals surface area contributed by atoms with Crippen LogP contribution in [0.3, 0.4) is 0 Å². The van der Waals surface area contributed by atoms with E-state index in [4.69, 9.17) is 0 Å². The fourth-order valence-corrected chi connectivity index (χ4v) is 8.93. The Labute approximate surface area is 320 Å². The molecule has 7 aromatic carbocycles. The standard InChI is InChI=1S/C52H48N2/c1-35-30-42-33-46(39-18-8-7-9-19-39)36(2)53(49-23-15-14-22-47(49)52(42,5)6)50-29-28-45(34-48(50)51(35,3)4)54(43-26-24-37-16-10-12-20-40(37)31-43)44-27-25-38-17-11-13-21-41(38)32-44/h7-36H,1-6H3/b42-30+,46-33+. The molecular formula is C52H48N2. The Morgan fingerprint density at radius 3 is 1.67 bits per heavy atom. The third-order valence-corrected chi connectivity index (χ3v) is 12.6. The molecule has 2 nitrogen and oxygen atoms in total. The Morgan fingerprint density at radius 1 is 0.500 bits per heavy atom. The quantitative estimate of drug-likeness (QED) is 0.180. The van der Waals surface area contributed by atoms with Crippen molar-refractivity contribution in [3.8, 4) is 0 Å². The van der Waals surface area contributed by atoms with Crippen LogP contribution in [0.25, 0.3) is 27.1 Å². The summed E-state index contributed by atoms with van der Waals surface area (Å²) in [5.41, 5.74) is 12.2. The van der Waals surface area contributed by atoms with Gasteiger partial charge in [0.2, 0.25) is 0 Å². The van der Waals surface area contributed by atoms with Crippen LogP contribution in [0.15, 0.2) is 175 Å². The van der Waals surface area contributed by atoms with Crippen LogP contribution in [0.1, 0.15) is 58.2 Å². The third kappa shape index (κ3) is 5.55. The molecule has 0 saturated carbocycles. The molecule has 0 aliphatic carbocycles. The maximum Gasteiger partial charge on any atom is 0.0569 e. The highest BCUT2D eigenvalue weighted by Gasteiger charge is 2.40. The van der Waals surface area contributed by atoms with Crippen molar-refractivity contribution in [2.45, 2.75) is 58.4 Å². The normalized spacial score (nSPS) is 20.6. The van der Waals surface area contributed by atoms with Crippen LogP contribution in [0.2, 0.25) is 0 Å². The Morgan fingerprint density at radius 2 is 1.02 bits per heavy atom. The molecule has 2 unspecified atom stereocenters. The average molecular weight is 701 g/mol. The molecule has 3 aliphatic heterocycles. The van der Waals surface area contributed by atoms with Crippen LogP contribution in [-0.4, -0.2) is 6.04 Å². The zero-order valence-electron chi connectivity index (χ0n) is 32.2. The summed E-state index contributed by atoms with van der Waals surface area (Å²) in [6, 6.07) is 58.4. The first-order chi connectivity index (χ1) is 26.1. The molecule has 0 radical (unpaired) electrons. The molecule has 0 fully saturated rings. The van der Waals surface area contributed by atoms with Gasteiger partial charge in [-0.25, -0.2) is 0 Å². The lowest BCUT2D eigenvalue weighted by molar-refractivity contribution is 0.404. The number of para-hydroxylation sites is 1. The topological polar surface area (TPSA) is 6.48 Å². The van der Waals surface area contributed by atoms with Crippen LogP contribution in [-0.2, 0) is 10.8 Å². The van der Waals surface area contributed by atoms with Crippen molar-refractivity contribution in [1.82, 2.24) is 0 Å². The molecule has 0 saturated heterocycles. The number of fused-ring (bicyclic) bond motifs is 5. The lowest BCUT2D eigenvalue weighted by Crippen LogP contribution is -2.39. The molecule has 266 valence electrons. The van der Waals surface area contributed by atoms with Gasteiger partial charge in [0.15, 0.2) is 0 Å². The first kappa shape index (κ1) is 33.9. The molecule has 2 heteroatoms. The predicted molar refractivity (Wildman–Crippen MR) is 232 cm³/mol. The first-order valence-corrected chi connectivity index (χ1v) is 19.4. The molecule has 7 aromatic rings. The second-order valence-electron chi connectivity index (χ2n) is 16.4. The minimum absolute atomic E-state index is 0.0685. The number of hydrogen-bond donors (Lipinski definition) is 0. The van der Waals surface area contributed by atoms with Crippen LogP contribution in [0.5, 0.6) is 0 Å². The fourth-order valence-electron chi connectivity index (χ4n) is 8.93. The van der Waals surface area contributed by atoms with E-state index in [0.717, 1.165) is 17.1 Å². The summed E-state index contributed by atoms with van der Waals surface area (Å²) < 4.78 is 0. The summed E-state index contributed by atoms with van der Waals surface area (Å²) in [6.45, 7) is 14.5. The number of benzene rings is 7. The number of rotatable bonds is 4. The fraction of sp³-hybridized carbons (Fsp3) is 0.192. The molecule has 2 atom stereocenters. The minimum atomic E-state index is -0.209. The van der Waals surface area contributed by atoms with E-state index in [9.17, 15) is 0 Å². The van der Waals surface area contributed by atoms with Gasteiger partial charge < -0.3 is 9.80 Å². The number of nitrogens with zero attached hydrogens (tertiary/aromatic N) is 2. The van der Waals surface area contributed by atoms with Crippen LogP contribution in [0.4, 0.5) is 28.4 Å². The zero-order chi connectivity index (χ0) is 37.2. The molecule has 0 amide bonds. The summed E-state index contributed by atoms with van der Waals surface area (Å²) in [5.74, 6) is 0.240. The van der Waals surface area contributed by atoms with Crippen molar-refractivity contribution in [3.05, 3.63) is 192 Å². The Hall–Kier alpha value is -5.86. The molecule has 2 bridgehead atoms. The summed E-state index contributed by atoms with van der Waals surface area (Å²) >= 11 is 0. The van der Waals surface area contributed by atoms with Gasteiger partial charge in [0.25, 0.3) is 0 Å². The highest BCUT2D eigenvalue weighted by atomic mass is 15.2. The van der Waals surface area contributed by atoms with Crippen LogP contribution >= 0.6 is 0 Å². The van der Waals surface area contributed by atoms with E-state index in [1.807, 2.05) is 0 Å². The van der Waals surface area contributed by atoms with Crippen molar-refractivity contribution in [3.63, 3.8) is 0 Å². The van der Waals surface area contributed by atoms with E-state index in [0.29, 0.717) is 0 Å². The van der Waals surface area contributed by atoms with Crippen molar-refractivity contribution in [1.29, 1.82) is 0 Å². The van der Waals surface area contributed by atoms with Crippen LogP contribution < -0.4 is 9.80 Å².